The van der Waals surface area contributed by atoms with Gasteiger partial charge in [-0.05, 0) is 60.0 Å². The molecule has 39 heavy (non-hydrogen) atoms. The summed E-state index contributed by atoms with van der Waals surface area (Å²) in [6, 6.07) is 17.7. The van der Waals surface area contributed by atoms with Crippen LogP contribution in [0.1, 0.15) is 27.2 Å². The summed E-state index contributed by atoms with van der Waals surface area (Å²) in [5, 5.41) is 3.61. The topological polar surface area (TPSA) is 61.7 Å². The van der Waals surface area contributed by atoms with Crippen molar-refractivity contribution < 1.29 is 32.2 Å². The number of carbonyl (C=O) groups excluding carboxylic acids is 1. The standard InChI is InChI=1S/C30H29F3N2O4/c1-4-15-39-26-10-6-9-24-23(26)18-25(35(24)19-21-7-5-8-22(16-21)30(31,32)33)29(36)34-14-13-20-11-12-27(37-2)28(17-20)38-3/h4-12,16-18H,1,13-15,19H2,2-3H3,(H,34,36). The third-order valence-corrected chi connectivity index (χ3v) is 6.24. The minimum Gasteiger partial charge on any atom is -0.493 e. The number of benzene rings is 3. The fourth-order valence-corrected chi connectivity index (χ4v) is 4.37. The van der Waals surface area contributed by atoms with Crippen molar-refractivity contribution in [2.24, 2.45) is 0 Å². The van der Waals surface area contributed by atoms with Crippen LogP contribution in [0.15, 0.2) is 79.4 Å². The molecule has 0 fully saturated rings. The summed E-state index contributed by atoms with van der Waals surface area (Å²) in [7, 11) is 3.11. The molecule has 6 nitrogen and oxygen atoms in total. The first kappa shape index (κ1) is 27.6. The van der Waals surface area contributed by atoms with Crippen molar-refractivity contribution >= 4 is 16.8 Å². The quantitative estimate of drug-likeness (QED) is 0.229. The Morgan fingerprint density at radius 2 is 1.72 bits per heavy atom. The molecule has 0 saturated carbocycles. The molecule has 204 valence electrons. The molecule has 9 heteroatoms. The Hall–Kier alpha value is -4.40. The van der Waals surface area contributed by atoms with Crippen LogP contribution in [0, 0.1) is 0 Å². The van der Waals surface area contributed by atoms with E-state index in [1.54, 1.807) is 55.2 Å². The van der Waals surface area contributed by atoms with Gasteiger partial charge in [0.2, 0.25) is 0 Å². The number of rotatable bonds is 11. The SMILES string of the molecule is C=CCOc1cccc2c1cc(C(=O)NCCc1ccc(OC)c(OC)c1)n2Cc1cccc(C(F)(F)F)c1. The zero-order chi connectivity index (χ0) is 28.0. The second kappa shape index (κ2) is 12.0. The van der Waals surface area contributed by atoms with Crippen molar-refractivity contribution in [1.82, 2.24) is 9.88 Å². The van der Waals surface area contributed by atoms with Gasteiger partial charge in [-0.25, -0.2) is 0 Å². The number of aromatic nitrogens is 1. The van der Waals surface area contributed by atoms with Crippen molar-refractivity contribution in [2.75, 3.05) is 27.4 Å². The highest BCUT2D eigenvalue weighted by Gasteiger charge is 2.30. The zero-order valence-electron chi connectivity index (χ0n) is 21.7. The summed E-state index contributed by atoms with van der Waals surface area (Å²) in [4.78, 5) is 13.4. The number of methoxy groups -OCH3 is 2. The van der Waals surface area contributed by atoms with Crippen molar-refractivity contribution in [3.63, 3.8) is 0 Å². The molecule has 0 spiro atoms. The molecule has 0 saturated heterocycles. The van der Waals surface area contributed by atoms with Crippen LogP contribution in [0.4, 0.5) is 13.2 Å². The van der Waals surface area contributed by atoms with E-state index in [9.17, 15) is 18.0 Å². The summed E-state index contributed by atoms with van der Waals surface area (Å²) in [5.41, 5.74) is 1.59. The van der Waals surface area contributed by atoms with Crippen molar-refractivity contribution in [3.8, 4) is 17.2 Å². The van der Waals surface area contributed by atoms with Crippen LogP contribution in [-0.2, 0) is 19.1 Å². The van der Waals surface area contributed by atoms with Gasteiger partial charge in [0.15, 0.2) is 11.5 Å². The minimum atomic E-state index is -4.47. The molecule has 0 radical (unpaired) electrons. The lowest BCUT2D eigenvalue weighted by molar-refractivity contribution is -0.137. The summed E-state index contributed by atoms with van der Waals surface area (Å²) in [6.07, 6.45) is -2.32. The van der Waals surface area contributed by atoms with Crippen LogP contribution < -0.4 is 19.5 Å². The van der Waals surface area contributed by atoms with Gasteiger partial charge >= 0.3 is 6.18 Å². The first-order valence-electron chi connectivity index (χ1n) is 12.3. The Balaban J connectivity index is 1.63. The number of alkyl halides is 3. The molecule has 3 aromatic carbocycles. The number of halogens is 3. The second-order valence-electron chi connectivity index (χ2n) is 8.80. The van der Waals surface area contributed by atoms with Gasteiger partial charge in [0, 0.05) is 18.5 Å². The lowest BCUT2D eigenvalue weighted by Gasteiger charge is -2.14. The van der Waals surface area contributed by atoms with E-state index < -0.39 is 11.7 Å². The molecule has 0 unspecified atom stereocenters. The number of carbonyl (C=O) groups is 1. The van der Waals surface area contributed by atoms with Crippen LogP contribution in [-0.4, -0.2) is 37.8 Å². The molecule has 0 aliphatic rings. The fourth-order valence-electron chi connectivity index (χ4n) is 4.37. The average Bonchev–Trinajstić information content (AvgIpc) is 3.30. The van der Waals surface area contributed by atoms with Crippen LogP contribution >= 0.6 is 0 Å². The molecule has 0 atom stereocenters. The molecule has 1 amide bonds. The molecule has 0 aliphatic carbocycles. The smallest absolute Gasteiger partial charge is 0.416 e. The Bertz CT molecular complexity index is 1480. The van der Waals surface area contributed by atoms with E-state index in [4.69, 9.17) is 14.2 Å². The molecule has 1 aromatic heterocycles. The van der Waals surface area contributed by atoms with Crippen molar-refractivity contribution in [2.45, 2.75) is 19.1 Å². The van der Waals surface area contributed by atoms with Gasteiger partial charge in [0.25, 0.3) is 5.91 Å². The molecule has 4 rings (SSSR count). The Kier molecular flexibility index (Phi) is 8.49. The maximum atomic E-state index is 13.4. The fraction of sp³-hybridized carbons (Fsp3) is 0.233. The largest absolute Gasteiger partial charge is 0.493 e. The van der Waals surface area contributed by atoms with Crippen LogP contribution in [0.25, 0.3) is 10.9 Å². The molecule has 1 N–H and O–H groups in total. The monoisotopic (exact) mass is 538 g/mol. The Morgan fingerprint density at radius 3 is 2.44 bits per heavy atom. The van der Waals surface area contributed by atoms with E-state index in [1.807, 2.05) is 18.2 Å². The lowest BCUT2D eigenvalue weighted by Crippen LogP contribution is -2.28. The normalized spacial score (nSPS) is 11.3. The average molecular weight is 539 g/mol. The number of fused-ring (bicyclic) bond motifs is 1. The number of nitrogens with zero attached hydrogens (tertiary/aromatic N) is 1. The Morgan fingerprint density at radius 1 is 0.949 bits per heavy atom. The molecule has 4 aromatic rings. The highest BCUT2D eigenvalue weighted by Crippen LogP contribution is 2.32. The van der Waals surface area contributed by atoms with Gasteiger partial charge in [0.05, 0.1) is 25.3 Å². The molecule has 0 bridgehead atoms. The van der Waals surface area contributed by atoms with Gasteiger partial charge in [-0.2, -0.15) is 13.2 Å². The minimum absolute atomic E-state index is 0.0662. The third kappa shape index (κ3) is 6.37. The van der Waals surface area contributed by atoms with E-state index >= 15 is 0 Å². The number of amides is 1. The highest BCUT2D eigenvalue weighted by atomic mass is 19.4. The number of hydrogen-bond donors (Lipinski definition) is 1. The molecule has 1 heterocycles. The van der Waals surface area contributed by atoms with Gasteiger partial charge in [0.1, 0.15) is 18.1 Å². The third-order valence-electron chi connectivity index (χ3n) is 6.24. The van der Waals surface area contributed by atoms with Crippen LogP contribution in [0.5, 0.6) is 17.2 Å². The van der Waals surface area contributed by atoms with Gasteiger partial charge in [-0.1, -0.05) is 36.9 Å². The lowest BCUT2D eigenvalue weighted by atomic mass is 10.1. The predicted octanol–water partition coefficient (Wildman–Crippen LogP) is 6.26. The molecular weight excluding hydrogens is 509 g/mol. The predicted molar refractivity (Wildman–Crippen MR) is 144 cm³/mol. The number of nitrogens with one attached hydrogen (secondary N) is 1. The van der Waals surface area contributed by atoms with Crippen LogP contribution in [0.2, 0.25) is 0 Å². The highest BCUT2D eigenvalue weighted by molar-refractivity contribution is 6.00. The number of ether oxygens (including phenoxy) is 3. The number of hydrogen-bond acceptors (Lipinski definition) is 4. The van der Waals surface area contributed by atoms with E-state index in [0.717, 1.165) is 17.7 Å². The first-order chi connectivity index (χ1) is 18.7. The first-order valence-corrected chi connectivity index (χ1v) is 12.3. The van der Waals surface area contributed by atoms with Crippen molar-refractivity contribution in [1.29, 1.82) is 0 Å². The zero-order valence-corrected chi connectivity index (χ0v) is 21.7. The van der Waals surface area contributed by atoms with Gasteiger partial charge in [-0.3, -0.25) is 4.79 Å². The van der Waals surface area contributed by atoms with E-state index in [1.165, 1.54) is 6.07 Å². The van der Waals surface area contributed by atoms with Gasteiger partial charge < -0.3 is 24.1 Å². The summed E-state index contributed by atoms with van der Waals surface area (Å²) in [6.45, 7) is 4.34. The van der Waals surface area contributed by atoms with Crippen molar-refractivity contribution in [3.05, 3.63) is 102 Å². The second-order valence-corrected chi connectivity index (χ2v) is 8.80. The maximum absolute atomic E-state index is 13.4. The van der Waals surface area contributed by atoms with E-state index in [2.05, 4.69) is 11.9 Å². The summed E-state index contributed by atoms with van der Waals surface area (Å²) >= 11 is 0. The van der Waals surface area contributed by atoms with E-state index in [-0.39, 0.29) is 19.1 Å². The molecular formula is C30H29F3N2O4. The summed E-state index contributed by atoms with van der Waals surface area (Å²) in [5.74, 6) is 1.40. The Labute approximate surface area is 224 Å². The van der Waals surface area contributed by atoms with E-state index in [0.29, 0.717) is 52.4 Å². The maximum Gasteiger partial charge on any atom is 0.416 e. The summed E-state index contributed by atoms with van der Waals surface area (Å²) < 4.78 is 58.1. The molecule has 0 aliphatic heterocycles. The van der Waals surface area contributed by atoms with Gasteiger partial charge in [-0.15, -0.1) is 0 Å². The van der Waals surface area contributed by atoms with Crippen LogP contribution in [0.3, 0.4) is 0 Å².